The number of rotatable bonds is 4. The van der Waals surface area contributed by atoms with Crippen LogP contribution in [0.25, 0.3) is 0 Å². The van der Waals surface area contributed by atoms with Crippen LogP contribution in [-0.4, -0.2) is 15.7 Å². The third-order valence-corrected chi connectivity index (χ3v) is 3.90. The monoisotopic (exact) mass is 339 g/mol. The predicted molar refractivity (Wildman–Crippen MR) is 85.7 cm³/mol. The smallest absolute Gasteiger partial charge is 0.325 e. The number of hydrogen-bond donors (Lipinski definition) is 1. The molecule has 1 heterocycles. The highest BCUT2D eigenvalue weighted by molar-refractivity contribution is 5.93. The molecule has 7 heteroatoms. The minimum Gasteiger partial charge on any atom is -0.325 e. The van der Waals surface area contributed by atoms with Crippen LogP contribution in [0, 0.1) is 26.7 Å². The molecule has 1 N–H and O–H groups in total. The van der Waals surface area contributed by atoms with Crippen molar-refractivity contribution in [2.24, 2.45) is 5.92 Å². The highest BCUT2D eigenvalue weighted by Crippen LogP contribution is 2.28. The molecule has 0 saturated carbocycles. The standard InChI is InChI=1S/C17H20F3N3O/c1-10-6-5-7-11(2)15(10)21-16(24)12(3)9-23-13(4)8-14(22-23)17(18,19)20/h5-8,12H,9H2,1-4H3,(H,21,24)/t12-/m0/s1. The van der Waals surface area contributed by atoms with Crippen LogP contribution >= 0.6 is 0 Å². The summed E-state index contributed by atoms with van der Waals surface area (Å²) in [4.78, 5) is 12.4. The topological polar surface area (TPSA) is 46.9 Å². The lowest BCUT2D eigenvalue weighted by atomic mass is 10.1. The summed E-state index contributed by atoms with van der Waals surface area (Å²) in [6, 6.07) is 6.66. The molecule has 0 aliphatic heterocycles. The van der Waals surface area contributed by atoms with E-state index in [1.807, 2.05) is 32.0 Å². The third-order valence-electron chi connectivity index (χ3n) is 3.90. The number of benzene rings is 1. The zero-order valence-corrected chi connectivity index (χ0v) is 14.0. The van der Waals surface area contributed by atoms with Crippen molar-refractivity contribution in [1.82, 2.24) is 9.78 Å². The van der Waals surface area contributed by atoms with E-state index in [2.05, 4.69) is 10.4 Å². The zero-order valence-electron chi connectivity index (χ0n) is 14.0. The molecule has 1 aromatic carbocycles. The molecular formula is C17H20F3N3O. The van der Waals surface area contributed by atoms with Gasteiger partial charge in [0.2, 0.25) is 5.91 Å². The molecule has 2 rings (SSSR count). The summed E-state index contributed by atoms with van der Waals surface area (Å²) >= 11 is 0. The van der Waals surface area contributed by atoms with Gasteiger partial charge in [0.25, 0.3) is 0 Å². The van der Waals surface area contributed by atoms with Gasteiger partial charge in [0.05, 0.1) is 12.5 Å². The van der Waals surface area contributed by atoms with Crippen LogP contribution in [0.5, 0.6) is 0 Å². The van der Waals surface area contributed by atoms with Crippen LogP contribution in [-0.2, 0) is 17.5 Å². The van der Waals surface area contributed by atoms with E-state index in [9.17, 15) is 18.0 Å². The van der Waals surface area contributed by atoms with Gasteiger partial charge in [-0.25, -0.2) is 0 Å². The minimum absolute atomic E-state index is 0.0820. The second-order valence-electron chi connectivity index (χ2n) is 6.01. The van der Waals surface area contributed by atoms with Crippen LogP contribution in [0.4, 0.5) is 18.9 Å². The molecule has 24 heavy (non-hydrogen) atoms. The molecule has 1 atom stereocenters. The molecule has 4 nitrogen and oxygen atoms in total. The highest BCUT2D eigenvalue weighted by Gasteiger charge is 2.34. The number of aromatic nitrogens is 2. The molecule has 0 spiro atoms. The molecule has 0 radical (unpaired) electrons. The van der Waals surface area contributed by atoms with Crippen molar-refractivity contribution in [3.05, 3.63) is 46.8 Å². The molecule has 0 saturated heterocycles. The minimum atomic E-state index is -4.49. The van der Waals surface area contributed by atoms with E-state index in [4.69, 9.17) is 0 Å². The molecule has 2 aromatic rings. The van der Waals surface area contributed by atoms with Crippen LogP contribution < -0.4 is 5.32 Å². The first-order valence-corrected chi connectivity index (χ1v) is 7.58. The van der Waals surface area contributed by atoms with Gasteiger partial charge in [-0.15, -0.1) is 0 Å². The van der Waals surface area contributed by atoms with Gasteiger partial charge in [0.15, 0.2) is 5.69 Å². The van der Waals surface area contributed by atoms with Crippen molar-refractivity contribution in [3.63, 3.8) is 0 Å². The number of nitrogens with one attached hydrogen (secondary N) is 1. The van der Waals surface area contributed by atoms with Crippen molar-refractivity contribution in [3.8, 4) is 0 Å². The Morgan fingerprint density at radius 3 is 2.33 bits per heavy atom. The SMILES string of the molecule is Cc1cccc(C)c1NC(=O)[C@@H](C)Cn1nc(C(F)(F)F)cc1C. The van der Waals surface area contributed by atoms with E-state index in [-0.39, 0.29) is 12.5 Å². The number of carbonyl (C=O) groups is 1. The fraction of sp³-hybridized carbons (Fsp3) is 0.412. The Bertz CT molecular complexity index is 730. The van der Waals surface area contributed by atoms with Crippen molar-refractivity contribution in [2.75, 3.05) is 5.32 Å². The number of alkyl halides is 3. The Morgan fingerprint density at radius 2 is 1.83 bits per heavy atom. The van der Waals surface area contributed by atoms with E-state index < -0.39 is 17.8 Å². The Kier molecular flexibility index (Phi) is 5.01. The Balaban J connectivity index is 2.11. The lowest BCUT2D eigenvalue weighted by Gasteiger charge is -2.16. The van der Waals surface area contributed by atoms with Gasteiger partial charge < -0.3 is 5.32 Å². The highest BCUT2D eigenvalue weighted by atomic mass is 19.4. The maximum atomic E-state index is 12.7. The largest absolute Gasteiger partial charge is 0.435 e. The predicted octanol–water partition coefficient (Wildman–Crippen LogP) is 4.10. The summed E-state index contributed by atoms with van der Waals surface area (Å²) in [6.45, 7) is 7.06. The van der Waals surface area contributed by atoms with E-state index >= 15 is 0 Å². The van der Waals surface area contributed by atoms with Crippen LogP contribution in [0.15, 0.2) is 24.3 Å². The maximum absolute atomic E-state index is 12.7. The molecule has 0 bridgehead atoms. The maximum Gasteiger partial charge on any atom is 0.435 e. The summed E-state index contributed by atoms with van der Waals surface area (Å²) < 4.78 is 39.3. The Morgan fingerprint density at radius 1 is 1.25 bits per heavy atom. The first kappa shape index (κ1) is 18.0. The average Bonchev–Trinajstić information content (AvgIpc) is 2.84. The van der Waals surface area contributed by atoms with E-state index in [0.29, 0.717) is 5.69 Å². The number of carbonyl (C=O) groups excluding carboxylic acids is 1. The molecule has 0 unspecified atom stereocenters. The fourth-order valence-electron chi connectivity index (χ4n) is 2.43. The molecule has 1 aromatic heterocycles. The van der Waals surface area contributed by atoms with Crippen molar-refractivity contribution < 1.29 is 18.0 Å². The summed E-state index contributed by atoms with van der Waals surface area (Å²) in [6.07, 6.45) is -4.49. The van der Waals surface area contributed by atoms with Crippen LogP contribution in [0.2, 0.25) is 0 Å². The van der Waals surface area contributed by atoms with Gasteiger partial charge in [0.1, 0.15) is 0 Å². The van der Waals surface area contributed by atoms with Crippen LogP contribution in [0.3, 0.4) is 0 Å². The summed E-state index contributed by atoms with van der Waals surface area (Å²) in [7, 11) is 0. The zero-order chi connectivity index (χ0) is 18.1. The fourth-order valence-corrected chi connectivity index (χ4v) is 2.43. The quantitative estimate of drug-likeness (QED) is 0.911. The summed E-state index contributed by atoms with van der Waals surface area (Å²) in [5.74, 6) is -0.778. The molecule has 0 aliphatic carbocycles. The number of halogens is 3. The molecule has 0 fully saturated rings. The first-order chi connectivity index (χ1) is 11.1. The van der Waals surface area contributed by atoms with E-state index in [1.165, 1.54) is 4.68 Å². The second kappa shape index (κ2) is 6.67. The third kappa shape index (κ3) is 3.96. The number of anilines is 1. The molecule has 0 aliphatic rings. The van der Waals surface area contributed by atoms with Gasteiger partial charge in [-0.3, -0.25) is 9.48 Å². The first-order valence-electron chi connectivity index (χ1n) is 7.58. The summed E-state index contributed by atoms with van der Waals surface area (Å²) in [5, 5.41) is 6.41. The number of para-hydroxylation sites is 1. The van der Waals surface area contributed by atoms with Crippen molar-refractivity contribution in [2.45, 2.75) is 40.4 Å². The number of hydrogen-bond acceptors (Lipinski definition) is 2. The van der Waals surface area contributed by atoms with Crippen molar-refractivity contribution in [1.29, 1.82) is 0 Å². The van der Waals surface area contributed by atoms with E-state index in [0.717, 1.165) is 22.9 Å². The summed E-state index contributed by atoms with van der Waals surface area (Å²) in [5.41, 5.74) is 2.04. The normalized spacial score (nSPS) is 13.0. The van der Waals surface area contributed by atoms with Crippen LogP contribution in [0.1, 0.15) is 29.4 Å². The van der Waals surface area contributed by atoms with Gasteiger partial charge in [0, 0.05) is 11.4 Å². The van der Waals surface area contributed by atoms with Gasteiger partial charge in [-0.2, -0.15) is 18.3 Å². The van der Waals surface area contributed by atoms with Gasteiger partial charge in [-0.1, -0.05) is 25.1 Å². The van der Waals surface area contributed by atoms with Crippen molar-refractivity contribution >= 4 is 11.6 Å². The number of nitrogens with zero attached hydrogens (tertiary/aromatic N) is 2. The lowest BCUT2D eigenvalue weighted by molar-refractivity contribution is -0.141. The van der Waals surface area contributed by atoms with Gasteiger partial charge >= 0.3 is 6.18 Å². The molecule has 1 amide bonds. The number of amides is 1. The lowest BCUT2D eigenvalue weighted by Crippen LogP contribution is -2.26. The Hall–Kier alpha value is -2.31. The molecular weight excluding hydrogens is 319 g/mol. The van der Waals surface area contributed by atoms with Gasteiger partial charge in [-0.05, 0) is 38.0 Å². The molecule has 130 valence electrons. The average molecular weight is 339 g/mol. The number of aryl methyl sites for hydroxylation is 3. The second-order valence-corrected chi connectivity index (χ2v) is 6.01. The Labute approximate surface area is 138 Å². The van der Waals surface area contributed by atoms with E-state index in [1.54, 1.807) is 13.8 Å².